The predicted octanol–water partition coefficient (Wildman–Crippen LogP) is 1.96. The Morgan fingerprint density at radius 2 is 1.81 bits per heavy atom. The van der Waals surface area contributed by atoms with Crippen molar-refractivity contribution in [1.29, 1.82) is 0 Å². The van der Waals surface area contributed by atoms with Gasteiger partial charge < -0.3 is 0 Å². The molecule has 0 heterocycles. The van der Waals surface area contributed by atoms with Gasteiger partial charge >= 0.3 is 107 Å². The molecule has 0 bridgehead atoms. The summed E-state index contributed by atoms with van der Waals surface area (Å²) in [6.45, 7) is 9.43. The van der Waals surface area contributed by atoms with Crippen LogP contribution in [0.3, 0.4) is 0 Å². The van der Waals surface area contributed by atoms with E-state index in [1.807, 2.05) is 38.9 Å². The molecule has 0 aromatic heterocycles. The van der Waals surface area contributed by atoms with Crippen LogP contribution in [-0.2, 0) is 25.3 Å². The third-order valence-corrected chi connectivity index (χ3v) is 2.51. The molecule has 0 aliphatic rings. The first-order chi connectivity index (χ1) is 7.35. The second kappa shape index (κ2) is 7.24. The Balaban J connectivity index is 4.92. The number of likely N-dealkylation sites (N-methyl/N-ethyl adjacent to an activating group) is 1. The summed E-state index contributed by atoms with van der Waals surface area (Å²) >= 11 is 2.91. The van der Waals surface area contributed by atoms with Crippen LogP contribution in [0, 0.1) is 0 Å². The summed E-state index contributed by atoms with van der Waals surface area (Å²) in [5.41, 5.74) is 0.765. The van der Waals surface area contributed by atoms with Gasteiger partial charge in [0.15, 0.2) is 0 Å². The summed E-state index contributed by atoms with van der Waals surface area (Å²) in [5, 5.41) is 0. The maximum atomic E-state index is 5.74. The van der Waals surface area contributed by atoms with Crippen molar-refractivity contribution in [3.8, 4) is 0 Å². The van der Waals surface area contributed by atoms with Crippen LogP contribution < -0.4 is 0 Å². The molecule has 0 aromatic carbocycles. The Hall–Kier alpha value is -0.138. The summed E-state index contributed by atoms with van der Waals surface area (Å²) < 4.78 is 11.9. The van der Waals surface area contributed by atoms with Gasteiger partial charge in [-0.3, -0.25) is 0 Å². The molecule has 94 valence electrons. The Labute approximate surface area is 107 Å². The molecule has 3 nitrogen and oxygen atoms in total. The number of nitrogens with zero attached hydrogens (tertiary/aromatic N) is 1. The van der Waals surface area contributed by atoms with Gasteiger partial charge in [0.2, 0.25) is 0 Å². The van der Waals surface area contributed by atoms with E-state index in [0.29, 0.717) is 13.2 Å². The van der Waals surface area contributed by atoms with Crippen molar-refractivity contribution in [3.63, 3.8) is 0 Å². The normalized spacial score (nSPS) is 12.8. The van der Waals surface area contributed by atoms with E-state index < -0.39 is 0 Å². The van der Waals surface area contributed by atoms with E-state index >= 15 is 0 Å². The third-order valence-electron chi connectivity index (χ3n) is 2.15. The van der Waals surface area contributed by atoms with Crippen LogP contribution in [0.15, 0.2) is 11.8 Å². The molecule has 0 amide bonds. The second-order valence-electron chi connectivity index (χ2n) is 4.12. The first-order valence-corrected chi connectivity index (χ1v) is 6.19. The molecule has 0 aromatic rings. The van der Waals surface area contributed by atoms with Crippen molar-refractivity contribution < 1.29 is 25.3 Å². The van der Waals surface area contributed by atoms with E-state index in [0.717, 1.165) is 10.3 Å². The molecule has 0 unspecified atom stereocenters. The molecule has 0 aliphatic carbocycles. The fourth-order valence-electron chi connectivity index (χ4n) is 1.57. The average Bonchev–Trinajstić information content (AvgIpc) is 2.13. The van der Waals surface area contributed by atoms with Crippen LogP contribution in [0.2, 0.25) is 0 Å². The Morgan fingerprint density at radius 3 is 2.19 bits per heavy atom. The second-order valence-corrected chi connectivity index (χ2v) is 4.75. The van der Waals surface area contributed by atoms with Crippen molar-refractivity contribution in [1.82, 2.24) is 4.90 Å². The Bertz CT molecular complexity index is 260. The van der Waals surface area contributed by atoms with Crippen LogP contribution in [0.5, 0.6) is 0 Å². The number of hydrogen-bond acceptors (Lipinski definition) is 3. The molecular weight excluding hydrogens is 242 g/mol. The molecule has 0 aliphatic heterocycles. The SMILES string of the molecule is CCO[C](=[Cr])/C=C(\N(C)C)C(C)(C)OCC. The van der Waals surface area contributed by atoms with Crippen LogP contribution >= 0.6 is 0 Å². The minimum absolute atomic E-state index is 0.315. The fourth-order valence-corrected chi connectivity index (χ4v) is 1.93. The van der Waals surface area contributed by atoms with E-state index in [-0.39, 0.29) is 5.60 Å². The van der Waals surface area contributed by atoms with Gasteiger partial charge in [-0.05, 0) is 0 Å². The van der Waals surface area contributed by atoms with Gasteiger partial charge in [0, 0.05) is 0 Å². The molecule has 4 heteroatoms. The zero-order chi connectivity index (χ0) is 12.8. The van der Waals surface area contributed by atoms with Crippen molar-refractivity contribution >= 4 is 4.57 Å². The van der Waals surface area contributed by atoms with Crippen molar-refractivity contribution in [2.45, 2.75) is 33.3 Å². The molecule has 0 rings (SSSR count). The van der Waals surface area contributed by atoms with Crippen LogP contribution in [-0.4, -0.2) is 42.4 Å². The van der Waals surface area contributed by atoms with Crippen LogP contribution in [0.4, 0.5) is 0 Å². The topological polar surface area (TPSA) is 21.7 Å². The van der Waals surface area contributed by atoms with Crippen LogP contribution in [0.25, 0.3) is 0 Å². The summed E-state index contributed by atoms with van der Waals surface area (Å²) in [5.74, 6) is 0. The molecule has 0 saturated heterocycles. The van der Waals surface area contributed by atoms with Gasteiger partial charge in [0.05, 0.1) is 0 Å². The van der Waals surface area contributed by atoms with Crippen LogP contribution in [0.1, 0.15) is 27.7 Å². The Kier molecular flexibility index (Phi) is 7.18. The summed E-state index contributed by atoms with van der Waals surface area (Å²) in [6.07, 6.45) is 1.99. The van der Waals surface area contributed by atoms with Gasteiger partial charge in [0.25, 0.3) is 0 Å². The molecule has 0 atom stereocenters. The fraction of sp³-hybridized carbons (Fsp3) is 0.750. The standard InChI is InChI=1S/C12H23NO2.Cr/c1-7-14-10-9-11(13(5)6)12(3,4)15-8-2;/h9H,7-8H2,1-6H3;/b11-9-;. The van der Waals surface area contributed by atoms with E-state index in [1.54, 1.807) is 0 Å². The zero-order valence-electron chi connectivity index (χ0n) is 11.2. The number of rotatable bonds is 7. The summed E-state index contributed by atoms with van der Waals surface area (Å²) in [7, 11) is 4.01. The first-order valence-electron chi connectivity index (χ1n) is 5.55. The van der Waals surface area contributed by atoms with E-state index in [9.17, 15) is 0 Å². The molecule has 0 saturated carbocycles. The van der Waals surface area contributed by atoms with Gasteiger partial charge in [-0.25, -0.2) is 0 Å². The average molecular weight is 265 g/mol. The van der Waals surface area contributed by atoms with Crippen molar-refractivity contribution in [2.75, 3.05) is 27.3 Å². The molecule has 0 fully saturated rings. The molecule has 0 radical (unpaired) electrons. The van der Waals surface area contributed by atoms with E-state index in [2.05, 4.69) is 29.7 Å². The van der Waals surface area contributed by atoms with Crippen molar-refractivity contribution in [3.05, 3.63) is 11.8 Å². The zero-order valence-corrected chi connectivity index (χ0v) is 12.4. The van der Waals surface area contributed by atoms with Gasteiger partial charge in [-0.1, -0.05) is 0 Å². The van der Waals surface area contributed by atoms with Gasteiger partial charge in [-0.2, -0.15) is 0 Å². The van der Waals surface area contributed by atoms with E-state index in [1.165, 1.54) is 0 Å². The first kappa shape index (κ1) is 15.9. The molecule has 16 heavy (non-hydrogen) atoms. The summed E-state index contributed by atoms with van der Waals surface area (Å²) in [6, 6.07) is 0. The van der Waals surface area contributed by atoms with Gasteiger partial charge in [-0.15, -0.1) is 0 Å². The van der Waals surface area contributed by atoms with Crippen molar-refractivity contribution in [2.24, 2.45) is 0 Å². The molecule has 0 N–H and O–H groups in total. The quantitative estimate of drug-likeness (QED) is 0.702. The van der Waals surface area contributed by atoms with Gasteiger partial charge in [0.1, 0.15) is 0 Å². The third kappa shape index (κ3) is 5.27. The number of ether oxygens (including phenoxy) is 2. The predicted molar refractivity (Wildman–Crippen MR) is 64.1 cm³/mol. The monoisotopic (exact) mass is 265 g/mol. The summed E-state index contributed by atoms with van der Waals surface area (Å²) in [4.78, 5) is 2.05. The molecular formula is C12H23CrNO2. The van der Waals surface area contributed by atoms with E-state index in [4.69, 9.17) is 9.47 Å². The molecule has 0 spiro atoms. The number of hydrogen-bond donors (Lipinski definition) is 0. The Morgan fingerprint density at radius 1 is 1.25 bits per heavy atom. The maximum absolute atomic E-state index is 5.74. The minimum atomic E-state index is -0.315.